The lowest BCUT2D eigenvalue weighted by molar-refractivity contribution is 0.105. The van der Waals surface area contributed by atoms with Crippen LogP contribution in [-0.4, -0.2) is 25.3 Å². The van der Waals surface area contributed by atoms with Crippen LogP contribution in [0, 0.1) is 5.92 Å². The Balaban J connectivity index is 1.63. The third-order valence-electron chi connectivity index (χ3n) is 3.80. The maximum atomic E-state index is 5.60. The molecule has 2 rings (SSSR count). The smallest absolute Gasteiger partial charge is 0.0700 e. The van der Waals surface area contributed by atoms with Gasteiger partial charge in [0.15, 0.2) is 0 Å². The van der Waals surface area contributed by atoms with Crippen molar-refractivity contribution in [2.45, 2.75) is 57.6 Å². The molecule has 0 aromatic carbocycles. The molecule has 1 heterocycles. The summed E-state index contributed by atoms with van der Waals surface area (Å²) in [5, 5.41) is 3.64. The average molecular weight is 197 g/mol. The minimum absolute atomic E-state index is 0.499. The summed E-state index contributed by atoms with van der Waals surface area (Å²) >= 11 is 0. The molecule has 0 spiro atoms. The summed E-state index contributed by atoms with van der Waals surface area (Å²) < 4.78 is 5.60. The molecule has 1 saturated carbocycles. The summed E-state index contributed by atoms with van der Waals surface area (Å²) in [4.78, 5) is 0. The molecule has 2 heteroatoms. The van der Waals surface area contributed by atoms with E-state index >= 15 is 0 Å². The molecule has 1 aliphatic heterocycles. The Morgan fingerprint density at radius 2 is 2.00 bits per heavy atom. The van der Waals surface area contributed by atoms with Gasteiger partial charge >= 0.3 is 0 Å². The Morgan fingerprint density at radius 1 is 1.21 bits per heavy atom. The van der Waals surface area contributed by atoms with Crippen molar-refractivity contribution in [2.24, 2.45) is 5.92 Å². The van der Waals surface area contributed by atoms with Crippen molar-refractivity contribution in [3.05, 3.63) is 0 Å². The zero-order valence-corrected chi connectivity index (χ0v) is 9.30. The van der Waals surface area contributed by atoms with E-state index in [9.17, 15) is 0 Å². The molecule has 0 bridgehead atoms. The van der Waals surface area contributed by atoms with Crippen molar-refractivity contribution in [3.63, 3.8) is 0 Å². The van der Waals surface area contributed by atoms with Crippen molar-refractivity contribution in [1.29, 1.82) is 0 Å². The quantitative estimate of drug-likeness (QED) is 0.747. The Labute approximate surface area is 87.4 Å². The standard InChI is InChI=1S/C12H23NO/c1-10(11-5-2-3-6-11)13-9-12-7-4-8-14-12/h10-13H,2-9H2,1H3/t10-,12?/m1/s1. The predicted molar refractivity (Wildman–Crippen MR) is 58.4 cm³/mol. The molecule has 14 heavy (non-hydrogen) atoms. The van der Waals surface area contributed by atoms with Crippen LogP contribution >= 0.6 is 0 Å². The zero-order valence-electron chi connectivity index (χ0n) is 9.30. The SMILES string of the molecule is C[C@@H](NCC1CCCO1)C1CCCC1. The monoisotopic (exact) mass is 197 g/mol. The van der Waals surface area contributed by atoms with Crippen LogP contribution in [0.1, 0.15) is 45.4 Å². The molecular weight excluding hydrogens is 174 g/mol. The van der Waals surface area contributed by atoms with E-state index in [1.54, 1.807) is 0 Å². The lowest BCUT2D eigenvalue weighted by Gasteiger charge is -2.22. The Hall–Kier alpha value is -0.0800. The van der Waals surface area contributed by atoms with Crippen LogP contribution in [0.2, 0.25) is 0 Å². The molecule has 1 N–H and O–H groups in total. The van der Waals surface area contributed by atoms with Crippen molar-refractivity contribution in [3.8, 4) is 0 Å². The molecule has 0 aromatic heterocycles. The highest BCUT2D eigenvalue weighted by molar-refractivity contribution is 4.79. The van der Waals surface area contributed by atoms with Gasteiger partial charge in [0.05, 0.1) is 6.10 Å². The zero-order chi connectivity index (χ0) is 9.80. The Kier molecular flexibility index (Phi) is 3.82. The maximum absolute atomic E-state index is 5.60. The summed E-state index contributed by atoms with van der Waals surface area (Å²) in [6, 6.07) is 0.696. The van der Waals surface area contributed by atoms with Crippen LogP contribution in [0.15, 0.2) is 0 Å². The van der Waals surface area contributed by atoms with E-state index in [-0.39, 0.29) is 0 Å². The van der Waals surface area contributed by atoms with Gasteiger partial charge < -0.3 is 10.1 Å². The molecule has 0 radical (unpaired) electrons. The summed E-state index contributed by atoms with van der Waals surface area (Å²) in [6.45, 7) is 4.38. The second-order valence-corrected chi connectivity index (χ2v) is 4.88. The molecule has 2 atom stereocenters. The fourth-order valence-electron chi connectivity index (χ4n) is 2.75. The molecular formula is C12H23NO. The molecule has 2 aliphatic rings. The normalized spacial score (nSPS) is 31.1. The first-order chi connectivity index (χ1) is 6.86. The number of nitrogens with one attached hydrogen (secondary N) is 1. The molecule has 2 fully saturated rings. The van der Waals surface area contributed by atoms with Gasteiger partial charge in [0.2, 0.25) is 0 Å². The van der Waals surface area contributed by atoms with E-state index in [0.29, 0.717) is 12.1 Å². The van der Waals surface area contributed by atoms with Gasteiger partial charge in [-0.15, -0.1) is 0 Å². The fraction of sp³-hybridized carbons (Fsp3) is 1.00. The summed E-state index contributed by atoms with van der Waals surface area (Å²) in [5.74, 6) is 0.927. The van der Waals surface area contributed by atoms with Gasteiger partial charge in [0.1, 0.15) is 0 Å². The van der Waals surface area contributed by atoms with E-state index in [0.717, 1.165) is 19.1 Å². The van der Waals surface area contributed by atoms with Crippen molar-refractivity contribution < 1.29 is 4.74 Å². The largest absolute Gasteiger partial charge is 0.377 e. The van der Waals surface area contributed by atoms with Crippen LogP contribution < -0.4 is 5.32 Å². The lowest BCUT2D eigenvalue weighted by Crippen LogP contribution is -2.37. The number of hydrogen-bond donors (Lipinski definition) is 1. The highest BCUT2D eigenvalue weighted by Crippen LogP contribution is 2.27. The highest BCUT2D eigenvalue weighted by Gasteiger charge is 2.22. The first kappa shape index (κ1) is 10.4. The van der Waals surface area contributed by atoms with Crippen LogP contribution in [0.4, 0.5) is 0 Å². The lowest BCUT2D eigenvalue weighted by atomic mass is 10.00. The maximum Gasteiger partial charge on any atom is 0.0700 e. The molecule has 0 aromatic rings. The molecule has 1 saturated heterocycles. The van der Waals surface area contributed by atoms with Gasteiger partial charge in [-0.2, -0.15) is 0 Å². The van der Waals surface area contributed by atoms with Crippen molar-refractivity contribution >= 4 is 0 Å². The number of ether oxygens (including phenoxy) is 1. The van der Waals surface area contributed by atoms with Crippen LogP contribution in [0.3, 0.4) is 0 Å². The fourth-order valence-corrected chi connectivity index (χ4v) is 2.75. The molecule has 82 valence electrons. The number of hydrogen-bond acceptors (Lipinski definition) is 2. The highest BCUT2D eigenvalue weighted by atomic mass is 16.5. The summed E-state index contributed by atoms with van der Waals surface area (Å²) in [7, 11) is 0. The van der Waals surface area contributed by atoms with Gasteiger partial charge in [-0.1, -0.05) is 12.8 Å². The summed E-state index contributed by atoms with van der Waals surface area (Å²) in [5.41, 5.74) is 0. The van der Waals surface area contributed by atoms with Gasteiger partial charge in [-0.05, 0) is 38.5 Å². The first-order valence-corrected chi connectivity index (χ1v) is 6.21. The third kappa shape index (κ3) is 2.71. The van der Waals surface area contributed by atoms with Gasteiger partial charge in [-0.3, -0.25) is 0 Å². The molecule has 2 nitrogen and oxygen atoms in total. The van der Waals surface area contributed by atoms with E-state index < -0.39 is 0 Å². The Bertz CT molecular complexity index is 160. The van der Waals surface area contributed by atoms with Crippen molar-refractivity contribution in [2.75, 3.05) is 13.2 Å². The predicted octanol–water partition coefficient (Wildman–Crippen LogP) is 2.33. The topological polar surface area (TPSA) is 21.3 Å². The first-order valence-electron chi connectivity index (χ1n) is 6.21. The van der Waals surface area contributed by atoms with E-state index in [4.69, 9.17) is 4.74 Å². The van der Waals surface area contributed by atoms with E-state index in [2.05, 4.69) is 12.2 Å². The van der Waals surface area contributed by atoms with Gasteiger partial charge in [0, 0.05) is 19.2 Å². The second kappa shape index (κ2) is 5.13. The van der Waals surface area contributed by atoms with Crippen molar-refractivity contribution in [1.82, 2.24) is 5.32 Å². The van der Waals surface area contributed by atoms with Crippen LogP contribution in [0.25, 0.3) is 0 Å². The molecule has 1 unspecified atom stereocenters. The van der Waals surface area contributed by atoms with Crippen LogP contribution in [0.5, 0.6) is 0 Å². The second-order valence-electron chi connectivity index (χ2n) is 4.88. The van der Waals surface area contributed by atoms with Gasteiger partial charge in [0.25, 0.3) is 0 Å². The Morgan fingerprint density at radius 3 is 2.64 bits per heavy atom. The molecule has 1 aliphatic carbocycles. The minimum atomic E-state index is 0.499. The summed E-state index contributed by atoms with van der Waals surface area (Å²) in [6.07, 6.45) is 8.75. The van der Waals surface area contributed by atoms with Gasteiger partial charge in [-0.25, -0.2) is 0 Å². The average Bonchev–Trinajstić information content (AvgIpc) is 2.87. The van der Waals surface area contributed by atoms with E-state index in [1.165, 1.54) is 38.5 Å². The minimum Gasteiger partial charge on any atom is -0.377 e. The molecule has 0 amide bonds. The third-order valence-corrected chi connectivity index (χ3v) is 3.80. The van der Waals surface area contributed by atoms with E-state index in [1.807, 2.05) is 0 Å². The van der Waals surface area contributed by atoms with Crippen LogP contribution in [-0.2, 0) is 4.74 Å². The number of rotatable bonds is 4.